The Labute approximate surface area is 203 Å². The molecular weight excluding hydrogens is 448 g/mol. The van der Waals surface area contributed by atoms with Crippen LogP contribution < -0.4 is 4.90 Å². The second kappa shape index (κ2) is 9.93. The van der Waals surface area contributed by atoms with Crippen molar-refractivity contribution in [2.75, 3.05) is 31.1 Å². The number of fused-ring (bicyclic) bond motifs is 1. The van der Waals surface area contributed by atoms with Gasteiger partial charge in [-0.2, -0.15) is 0 Å². The van der Waals surface area contributed by atoms with Crippen LogP contribution in [0.5, 0.6) is 0 Å². The number of benzene rings is 1. The number of esters is 1. The predicted molar refractivity (Wildman–Crippen MR) is 132 cm³/mol. The minimum Gasteiger partial charge on any atom is -0.466 e. The van der Waals surface area contributed by atoms with Gasteiger partial charge in [0, 0.05) is 37.2 Å². The van der Waals surface area contributed by atoms with Crippen molar-refractivity contribution in [3.05, 3.63) is 64.0 Å². The highest BCUT2D eigenvalue weighted by Gasteiger charge is 2.32. The zero-order valence-corrected chi connectivity index (χ0v) is 20.1. The summed E-state index contributed by atoms with van der Waals surface area (Å²) >= 11 is 1.47. The number of ether oxygens (including phenoxy) is 1. The van der Waals surface area contributed by atoms with E-state index in [0.717, 1.165) is 53.4 Å². The maximum absolute atomic E-state index is 13.1. The number of carbonyl (C=O) groups excluding carboxylic acids is 2. The molecule has 1 aromatic carbocycles. The summed E-state index contributed by atoms with van der Waals surface area (Å²) in [6.07, 6.45) is 2.16. The minimum atomic E-state index is -0.107. The number of thiophene rings is 1. The normalized spacial score (nSPS) is 16.3. The lowest BCUT2D eigenvalue weighted by molar-refractivity contribution is -0.148. The third-order valence-corrected chi connectivity index (χ3v) is 7.36. The standard InChI is InChI=1S/C26H28N4O3S/c1-2-33-26(32)19-10-13-29(14-11-19)24-20-17-30(25(31)22-9-6-16-34-22)15-12-21(20)27-23(28-24)18-7-4-3-5-8-18/h3-9,16,19H,2,10-15,17H2,1H3. The Morgan fingerprint density at radius 3 is 2.56 bits per heavy atom. The molecule has 0 spiro atoms. The molecule has 0 aliphatic carbocycles. The van der Waals surface area contributed by atoms with Crippen LogP contribution >= 0.6 is 11.3 Å². The number of carbonyl (C=O) groups is 2. The summed E-state index contributed by atoms with van der Waals surface area (Å²) in [4.78, 5) is 40.1. The third-order valence-electron chi connectivity index (χ3n) is 6.50. The molecule has 34 heavy (non-hydrogen) atoms. The molecule has 176 valence electrons. The number of aromatic nitrogens is 2. The first-order valence-electron chi connectivity index (χ1n) is 11.8. The van der Waals surface area contributed by atoms with Gasteiger partial charge in [0.1, 0.15) is 5.82 Å². The van der Waals surface area contributed by atoms with Gasteiger partial charge in [0.25, 0.3) is 5.91 Å². The average molecular weight is 477 g/mol. The zero-order valence-electron chi connectivity index (χ0n) is 19.3. The van der Waals surface area contributed by atoms with Crippen LogP contribution in [-0.2, 0) is 22.5 Å². The number of hydrogen-bond donors (Lipinski definition) is 0. The lowest BCUT2D eigenvalue weighted by Gasteiger charge is -2.36. The maximum atomic E-state index is 13.1. The van der Waals surface area contributed by atoms with Crippen LogP contribution in [0.3, 0.4) is 0 Å². The summed E-state index contributed by atoms with van der Waals surface area (Å²) in [6.45, 7) is 4.83. The van der Waals surface area contributed by atoms with Crippen LogP contribution in [0.2, 0.25) is 0 Å². The molecule has 0 atom stereocenters. The summed E-state index contributed by atoms with van der Waals surface area (Å²) in [5.74, 6) is 1.47. The lowest BCUT2D eigenvalue weighted by atomic mass is 9.96. The van der Waals surface area contributed by atoms with Crippen molar-refractivity contribution in [1.29, 1.82) is 0 Å². The van der Waals surface area contributed by atoms with E-state index in [2.05, 4.69) is 4.90 Å². The van der Waals surface area contributed by atoms with E-state index in [0.29, 0.717) is 31.9 Å². The SMILES string of the molecule is CCOC(=O)C1CCN(c2nc(-c3ccccc3)nc3c2CN(C(=O)c2cccs2)CC3)CC1. The fourth-order valence-corrected chi connectivity index (χ4v) is 5.38. The fraction of sp³-hybridized carbons (Fsp3) is 0.385. The Bertz CT molecular complexity index is 1160. The van der Waals surface area contributed by atoms with Crippen LogP contribution in [0.4, 0.5) is 5.82 Å². The van der Waals surface area contributed by atoms with Gasteiger partial charge in [0.2, 0.25) is 0 Å². The molecule has 5 rings (SSSR count). The van der Waals surface area contributed by atoms with Crippen LogP contribution in [0.25, 0.3) is 11.4 Å². The first-order chi connectivity index (χ1) is 16.6. The Morgan fingerprint density at radius 2 is 1.85 bits per heavy atom. The smallest absolute Gasteiger partial charge is 0.309 e. The van der Waals surface area contributed by atoms with Gasteiger partial charge in [0.05, 0.1) is 29.6 Å². The Morgan fingerprint density at radius 1 is 1.06 bits per heavy atom. The number of anilines is 1. The van der Waals surface area contributed by atoms with Crippen LogP contribution in [0.1, 0.15) is 40.7 Å². The topological polar surface area (TPSA) is 75.6 Å². The Hall–Kier alpha value is -3.26. The first-order valence-corrected chi connectivity index (χ1v) is 12.7. The largest absolute Gasteiger partial charge is 0.466 e. The monoisotopic (exact) mass is 476 g/mol. The van der Waals surface area contributed by atoms with Crippen molar-refractivity contribution in [2.24, 2.45) is 5.92 Å². The summed E-state index contributed by atoms with van der Waals surface area (Å²) in [5.41, 5.74) is 3.00. The molecule has 8 heteroatoms. The number of hydrogen-bond acceptors (Lipinski definition) is 7. The van der Waals surface area contributed by atoms with E-state index in [1.165, 1.54) is 11.3 Å². The summed E-state index contributed by atoms with van der Waals surface area (Å²) in [5, 5.41) is 1.93. The quantitative estimate of drug-likeness (QED) is 0.514. The minimum absolute atomic E-state index is 0.0553. The van der Waals surface area contributed by atoms with Crippen molar-refractivity contribution in [3.63, 3.8) is 0 Å². The van der Waals surface area contributed by atoms with Gasteiger partial charge >= 0.3 is 5.97 Å². The number of piperidine rings is 1. The van der Waals surface area contributed by atoms with Gasteiger partial charge < -0.3 is 14.5 Å². The zero-order chi connectivity index (χ0) is 23.5. The average Bonchev–Trinajstić information content (AvgIpc) is 3.43. The fourth-order valence-electron chi connectivity index (χ4n) is 4.69. The van der Waals surface area contributed by atoms with E-state index in [-0.39, 0.29) is 17.8 Å². The van der Waals surface area contributed by atoms with E-state index in [9.17, 15) is 9.59 Å². The van der Waals surface area contributed by atoms with Gasteiger partial charge in [0.15, 0.2) is 5.82 Å². The molecule has 1 fully saturated rings. The van der Waals surface area contributed by atoms with Crippen molar-refractivity contribution < 1.29 is 14.3 Å². The van der Waals surface area contributed by atoms with Crippen molar-refractivity contribution >= 4 is 29.0 Å². The molecule has 0 N–H and O–H groups in total. The summed E-state index contributed by atoms with van der Waals surface area (Å²) in [6, 6.07) is 13.8. The summed E-state index contributed by atoms with van der Waals surface area (Å²) in [7, 11) is 0. The number of amides is 1. The molecule has 7 nitrogen and oxygen atoms in total. The highest BCUT2D eigenvalue weighted by atomic mass is 32.1. The molecule has 2 aliphatic heterocycles. The van der Waals surface area contributed by atoms with Crippen molar-refractivity contribution in [3.8, 4) is 11.4 Å². The lowest BCUT2D eigenvalue weighted by Crippen LogP contribution is -2.41. The molecule has 0 bridgehead atoms. The highest BCUT2D eigenvalue weighted by molar-refractivity contribution is 7.12. The van der Waals surface area contributed by atoms with E-state index >= 15 is 0 Å². The van der Waals surface area contributed by atoms with Crippen LogP contribution in [0, 0.1) is 5.92 Å². The number of nitrogens with zero attached hydrogens (tertiary/aromatic N) is 4. The van der Waals surface area contributed by atoms with Gasteiger partial charge in [-0.15, -0.1) is 11.3 Å². The van der Waals surface area contributed by atoms with Gasteiger partial charge in [-0.1, -0.05) is 36.4 Å². The molecule has 3 aromatic rings. The highest BCUT2D eigenvalue weighted by Crippen LogP contribution is 2.33. The molecule has 0 saturated carbocycles. The van der Waals surface area contributed by atoms with Crippen molar-refractivity contribution in [2.45, 2.75) is 32.7 Å². The van der Waals surface area contributed by atoms with Gasteiger partial charge in [-0.3, -0.25) is 9.59 Å². The van der Waals surface area contributed by atoms with Gasteiger partial charge in [-0.05, 0) is 31.2 Å². The van der Waals surface area contributed by atoms with Crippen LogP contribution in [-0.4, -0.2) is 53.0 Å². The van der Waals surface area contributed by atoms with E-state index in [1.54, 1.807) is 0 Å². The molecule has 0 unspecified atom stereocenters. The summed E-state index contributed by atoms with van der Waals surface area (Å²) < 4.78 is 5.24. The second-order valence-electron chi connectivity index (χ2n) is 8.63. The molecule has 0 radical (unpaired) electrons. The maximum Gasteiger partial charge on any atom is 0.309 e. The van der Waals surface area contributed by atoms with E-state index < -0.39 is 0 Å². The second-order valence-corrected chi connectivity index (χ2v) is 9.58. The molecule has 1 saturated heterocycles. The first kappa shape index (κ1) is 22.5. The van der Waals surface area contributed by atoms with Crippen LogP contribution in [0.15, 0.2) is 47.8 Å². The Balaban J connectivity index is 1.46. The van der Waals surface area contributed by atoms with Gasteiger partial charge in [-0.25, -0.2) is 9.97 Å². The van der Waals surface area contributed by atoms with E-state index in [4.69, 9.17) is 14.7 Å². The molecule has 1 amide bonds. The molecule has 4 heterocycles. The third kappa shape index (κ3) is 4.55. The predicted octanol–water partition coefficient (Wildman–Crippen LogP) is 4.18. The molecular formula is C26H28N4O3S. The molecule has 2 aromatic heterocycles. The van der Waals surface area contributed by atoms with Crippen molar-refractivity contribution in [1.82, 2.24) is 14.9 Å². The number of rotatable bonds is 5. The molecule has 2 aliphatic rings. The van der Waals surface area contributed by atoms with E-state index in [1.807, 2.05) is 59.7 Å². The Kier molecular flexibility index (Phi) is 6.58.